The fourth-order valence-corrected chi connectivity index (χ4v) is 2.18. The van der Waals surface area contributed by atoms with E-state index in [0.717, 1.165) is 0 Å². The second kappa shape index (κ2) is 3.40. The standard InChI is InChI=1S/C13H7NO4/c15-5-6-4-9-10-7(11(6)16)2-1-3-8(10)12(17)14-13(9)18/h1-5,15H,(H,14,17,18). The molecule has 1 aromatic carbocycles. The summed E-state index contributed by atoms with van der Waals surface area (Å²) in [6.07, 6.45) is 0.661. The molecule has 0 amide bonds. The Morgan fingerprint density at radius 1 is 1.06 bits per heavy atom. The van der Waals surface area contributed by atoms with Crippen LogP contribution in [0.5, 0.6) is 0 Å². The summed E-state index contributed by atoms with van der Waals surface area (Å²) in [4.78, 5) is 37.6. The highest BCUT2D eigenvalue weighted by Crippen LogP contribution is 2.23. The van der Waals surface area contributed by atoms with E-state index in [1.54, 1.807) is 12.1 Å². The van der Waals surface area contributed by atoms with Crippen molar-refractivity contribution < 1.29 is 5.11 Å². The lowest BCUT2D eigenvalue weighted by molar-refractivity contribution is 0.540. The molecule has 0 aromatic heterocycles. The molecule has 5 heteroatoms. The molecule has 88 valence electrons. The molecule has 0 atom stereocenters. The first kappa shape index (κ1) is 10.5. The van der Waals surface area contributed by atoms with Crippen LogP contribution in [-0.4, -0.2) is 10.1 Å². The van der Waals surface area contributed by atoms with Crippen molar-refractivity contribution in [2.75, 3.05) is 0 Å². The Kier molecular flexibility index (Phi) is 1.98. The van der Waals surface area contributed by atoms with E-state index in [1.165, 1.54) is 12.1 Å². The molecule has 5 nitrogen and oxygen atoms in total. The van der Waals surface area contributed by atoms with Gasteiger partial charge in [-0.25, -0.2) is 0 Å². The first-order chi connectivity index (χ1) is 8.63. The Morgan fingerprint density at radius 3 is 2.50 bits per heavy atom. The van der Waals surface area contributed by atoms with E-state index in [4.69, 9.17) is 5.11 Å². The third kappa shape index (κ3) is 1.18. The van der Waals surface area contributed by atoms with Crippen molar-refractivity contribution in [3.8, 4) is 11.1 Å². The zero-order valence-electron chi connectivity index (χ0n) is 9.06. The quantitative estimate of drug-likeness (QED) is 0.571. The number of aromatic amines is 1. The number of H-pyrrole nitrogens is 1. The van der Waals surface area contributed by atoms with E-state index in [9.17, 15) is 14.4 Å². The highest BCUT2D eigenvalue weighted by atomic mass is 16.2. The molecule has 0 bridgehead atoms. The molecule has 2 aliphatic rings. The smallest absolute Gasteiger partial charge is 0.258 e. The van der Waals surface area contributed by atoms with Gasteiger partial charge in [0.25, 0.3) is 11.1 Å². The molecule has 0 spiro atoms. The van der Waals surface area contributed by atoms with Crippen molar-refractivity contribution in [2.45, 2.75) is 0 Å². The molecule has 1 heterocycles. The Bertz CT molecular complexity index is 942. The summed E-state index contributed by atoms with van der Waals surface area (Å²) >= 11 is 0. The number of aliphatic hydroxyl groups excluding tert-OH is 1. The predicted octanol–water partition coefficient (Wildman–Crippen LogP) is -0.194. The lowest BCUT2D eigenvalue weighted by Gasteiger charge is -2.08. The maximum atomic E-state index is 12.0. The molecule has 0 unspecified atom stereocenters. The van der Waals surface area contributed by atoms with Crippen LogP contribution in [0.3, 0.4) is 0 Å². The van der Waals surface area contributed by atoms with E-state index in [2.05, 4.69) is 4.98 Å². The summed E-state index contributed by atoms with van der Waals surface area (Å²) in [5.74, 6) is 0. The van der Waals surface area contributed by atoms with E-state index >= 15 is 0 Å². The second-order valence-electron chi connectivity index (χ2n) is 3.98. The fourth-order valence-electron chi connectivity index (χ4n) is 2.18. The van der Waals surface area contributed by atoms with Crippen molar-refractivity contribution in [3.05, 3.63) is 60.4 Å². The largest absolute Gasteiger partial charge is 0.515 e. The van der Waals surface area contributed by atoms with E-state index < -0.39 is 16.5 Å². The molecule has 1 aromatic rings. The number of hydrogen-bond donors (Lipinski definition) is 2. The molecule has 0 saturated carbocycles. The molecular weight excluding hydrogens is 234 g/mol. The van der Waals surface area contributed by atoms with Crippen LogP contribution in [0, 0.1) is 0 Å². The molecule has 0 saturated heterocycles. The molecular formula is C13H7NO4. The molecule has 3 rings (SSSR count). The van der Waals surface area contributed by atoms with Gasteiger partial charge in [0.05, 0.1) is 11.5 Å². The summed E-state index contributed by atoms with van der Waals surface area (Å²) in [5, 5.41) is 9.58. The Balaban J connectivity index is 2.84. The Labute approximate surface area is 99.3 Å². The maximum Gasteiger partial charge on any atom is 0.258 e. The van der Waals surface area contributed by atoms with Crippen molar-refractivity contribution in [2.24, 2.45) is 0 Å². The normalized spacial score (nSPS) is 12.6. The van der Waals surface area contributed by atoms with Crippen molar-refractivity contribution >= 4 is 17.0 Å². The summed E-state index contributed by atoms with van der Waals surface area (Å²) in [6, 6.07) is 5.94. The summed E-state index contributed by atoms with van der Waals surface area (Å²) < 4.78 is 0. The number of nitrogens with one attached hydrogen (secondary N) is 1. The fraction of sp³-hybridized carbons (Fsp3) is 0. The highest BCUT2D eigenvalue weighted by molar-refractivity contribution is 5.96. The van der Waals surface area contributed by atoms with E-state index in [1.807, 2.05) is 0 Å². The zero-order valence-corrected chi connectivity index (χ0v) is 9.06. The van der Waals surface area contributed by atoms with Gasteiger partial charge < -0.3 is 5.11 Å². The van der Waals surface area contributed by atoms with Crippen LogP contribution < -0.4 is 21.8 Å². The first-order valence-electron chi connectivity index (χ1n) is 5.23. The van der Waals surface area contributed by atoms with Gasteiger partial charge in [-0.1, -0.05) is 12.1 Å². The van der Waals surface area contributed by atoms with Crippen LogP contribution in [-0.2, 0) is 0 Å². The van der Waals surface area contributed by atoms with E-state index in [0.29, 0.717) is 17.2 Å². The van der Waals surface area contributed by atoms with Crippen LogP contribution in [0.2, 0.25) is 0 Å². The maximum absolute atomic E-state index is 12.0. The van der Waals surface area contributed by atoms with Gasteiger partial charge in [0.1, 0.15) is 0 Å². The molecule has 0 fully saturated rings. The minimum absolute atomic E-state index is 0.0270. The third-order valence-electron chi connectivity index (χ3n) is 3.00. The summed E-state index contributed by atoms with van der Waals surface area (Å²) in [5.41, 5.74) is -0.910. The average molecular weight is 241 g/mol. The van der Waals surface area contributed by atoms with Gasteiger partial charge >= 0.3 is 0 Å². The van der Waals surface area contributed by atoms with Crippen LogP contribution in [0.15, 0.2) is 38.6 Å². The zero-order chi connectivity index (χ0) is 12.9. The van der Waals surface area contributed by atoms with Gasteiger partial charge in [-0.05, 0) is 12.1 Å². The summed E-state index contributed by atoms with van der Waals surface area (Å²) in [7, 11) is 0. The number of aliphatic hydroxyl groups is 1. The predicted molar refractivity (Wildman–Crippen MR) is 67.2 cm³/mol. The van der Waals surface area contributed by atoms with Crippen LogP contribution >= 0.6 is 0 Å². The molecule has 1 aliphatic heterocycles. The molecule has 0 radical (unpaired) electrons. The Hall–Kier alpha value is -2.69. The monoisotopic (exact) mass is 241 g/mol. The van der Waals surface area contributed by atoms with Gasteiger partial charge in [-0.3, -0.25) is 19.4 Å². The number of pyridine rings is 1. The van der Waals surface area contributed by atoms with Crippen molar-refractivity contribution in [3.63, 3.8) is 0 Å². The molecule has 18 heavy (non-hydrogen) atoms. The van der Waals surface area contributed by atoms with Crippen molar-refractivity contribution in [1.82, 2.24) is 4.98 Å². The number of aromatic nitrogens is 1. The number of benzene rings is 2. The average Bonchev–Trinajstić information content (AvgIpc) is 2.37. The number of hydrogen-bond acceptors (Lipinski definition) is 4. The minimum atomic E-state index is -0.563. The first-order valence-corrected chi connectivity index (χ1v) is 5.23. The van der Waals surface area contributed by atoms with Crippen LogP contribution in [0.1, 0.15) is 0 Å². The lowest BCUT2D eigenvalue weighted by atomic mass is 9.95. The molecule has 1 aliphatic carbocycles. The topological polar surface area (TPSA) is 87.2 Å². The van der Waals surface area contributed by atoms with Gasteiger partial charge in [0.2, 0.25) is 0 Å². The van der Waals surface area contributed by atoms with Crippen LogP contribution in [0.4, 0.5) is 0 Å². The van der Waals surface area contributed by atoms with Gasteiger partial charge in [-0.15, -0.1) is 0 Å². The van der Waals surface area contributed by atoms with E-state index in [-0.39, 0.29) is 16.2 Å². The minimum Gasteiger partial charge on any atom is -0.515 e. The van der Waals surface area contributed by atoms with Crippen LogP contribution in [0.25, 0.3) is 28.2 Å². The second-order valence-corrected chi connectivity index (χ2v) is 3.98. The number of rotatable bonds is 0. The van der Waals surface area contributed by atoms with Gasteiger partial charge in [0.15, 0.2) is 5.43 Å². The summed E-state index contributed by atoms with van der Waals surface area (Å²) in [6.45, 7) is 0. The highest BCUT2D eigenvalue weighted by Gasteiger charge is 2.17. The van der Waals surface area contributed by atoms with Gasteiger partial charge in [0, 0.05) is 21.9 Å². The van der Waals surface area contributed by atoms with Crippen molar-refractivity contribution in [1.29, 1.82) is 0 Å². The van der Waals surface area contributed by atoms with Gasteiger partial charge in [-0.2, -0.15) is 0 Å². The SMILES string of the molecule is O=c1[nH]c(=O)c2cccc3c2-c1cc(=CO)c3=O. The third-order valence-corrected chi connectivity index (χ3v) is 3.00. The molecule has 2 N–H and O–H groups in total. The Morgan fingerprint density at radius 2 is 1.78 bits per heavy atom. The lowest BCUT2D eigenvalue weighted by Crippen LogP contribution is -2.31.